The van der Waals surface area contributed by atoms with Crippen molar-refractivity contribution in [2.75, 3.05) is 13.1 Å². The number of aliphatic carboxylic acids is 1. The standard InChI is InChI=1S/C18H23FN2O4/c1-11(2)14(20-15(22)13-6-4-5-12(3)9-13)16(23)21-8-7-18(19,10-21)17(24)25/h4-6,9,11,14H,7-8,10H2,1-3H3,(H,20,22)(H,24,25). The smallest absolute Gasteiger partial charge is 0.343 e. The van der Waals surface area contributed by atoms with Gasteiger partial charge < -0.3 is 15.3 Å². The zero-order chi connectivity index (χ0) is 18.8. The average molecular weight is 350 g/mol. The molecular formula is C18H23FN2O4. The number of carboxylic acid groups (broad SMARTS) is 1. The van der Waals surface area contributed by atoms with Crippen molar-refractivity contribution in [3.05, 3.63) is 35.4 Å². The van der Waals surface area contributed by atoms with Gasteiger partial charge in [0.2, 0.25) is 11.6 Å². The van der Waals surface area contributed by atoms with Crippen LogP contribution in [0.5, 0.6) is 0 Å². The Kier molecular flexibility index (Phi) is 5.45. The van der Waals surface area contributed by atoms with E-state index in [2.05, 4.69) is 5.32 Å². The Labute approximate surface area is 146 Å². The third kappa shape index (κ3) is 4.15. The molecule has 1 aromatic rings. The lowest BCUT2D eigenvalue weighted by atomic mass is 10.0. The summed E-state index contributed by atoms with van der Waals surface area (Å²) in [6, 6.07) is 6.13. The molecular weight excluding hydrogens is 327 g/mol. The number of hydrogen-bond donors (Lipinski definition) is 2. The molecule has 2 amide bonds. The van der Waals surface area contributed by atoms with Gasteiger partial charge in [0.1, 0.15) is 6.04 Å². The summed E-state index contributed by atoms with van der Waals surface area (Å²) in [7, 11) is 0. The highest BCUT2D eigenvalue weighted by Crippen LogP contribution is 2.27. The molecule has 7 heteroatoms. The zero-order valence-electron chi connectivity index (χ0n) is 14.6. The SMILES string of the molecule is Cc1cccc(C(=O)NC(C(=O)N2CCC(F)(C(=O)O)C2)C(C)C)c1. The minimum atomic E-state index is -2.42. The van der Waals surface area contributed by atoms with Gasteiger partial charge in [0.25, 0.3) is 5.91 Å². The van der Waals surface area contributed by atoms with Crippen LogP contribution in [0.4, 0.5) is 4.39 Å². The molecule has 0 spiro atoms. The number of carbonyl (C=O) groups is 3. The van der Waals surface area contributed by atoms with Crippen LogP contribution >= 0.6 is 0 Å². The highest BCUT2D eigenvalue weighted by Gasteiger charge is 2.48. The van der Waals surface area contributed by atoms with Gasteiger partial charge in [0.15, 0.2) is 0 Å². The van der Waals surface area contributed by atoms with Gasteiger partial charge in [-0.15, -0.1) is 0 Å². The minimum absolute atomic E-state index is 0.0190. The van der Waals surface area contributed by atoms with Crippen LogP contribution < -0.4 is 5.32 Å². The normalized spacial score (nSPS) is 21.2. The first-order chi connectivity index (χ1) is 11.6. The Bertz CT molecular complexity index is 691. The Morgan fingerprint density at radius 1 is 1.32 bits per heavy atom. The largest absolute Gasteiger partial charge is 0.479 e. The van der Waals surface area contributed by atoms with Gasteiger partial charge in [-0.1, -0.05) is 31.5 Å². The topological polar surface area (TPSA) is 86.7 Å². The third-order valence-electron chi connectivity index (χ3n) is 4.41. The number of nitrogens with one attached hydrogen (secondary N) is 1. The first-order valence-corrected chi connectivity index (χ1v) is 8.22. The molecule has 1 fully saturated rings. The predicted molar refractivity (Wildman–Crippen MR) is 89.9 cm³/mol. The van der Waals surface area contributed by atoms with Crippen molar-refractivity contribution in [3.63, 3.8) is 0 Å². The number of nitrogens with zero attached hydrogens (tertiary/aromatic N) is 1. The van der Waals surface area contributed by atoms with E-state index in [4.69, 9.17) is 5.11 Å². The van der Waals surface area contributed by atoms with Crippen LogP contribution in [0.1, 0.15) is 36.2 Å². The number of alkyl halides is 1. The fourth-order valence-electron chi connectivity index (χ4n) is 2.86. The van der Waals surface area contributed by atoms with Crippen LogP contribution in [0, 0.1) is 12.8 Å². The van der Waals surface area contributed by atoms with E-state index in [1.54, 1.807) is 32.0 Å². The molecule has 0 radical (unpaired) electrons. The molecule has 2 rings (SSSR count). The number of carbonyl (C=O) groups excluding carboxylic acids is 2. The number of rotatable bonds is 5. The summed E-state index contributed by atoms with van der Waals surface area (Å²) in [6.07, 6.45) is -0.245. The molecule has 2 N–H and O–H groups in total. The van der Waals surface area contributed by atoms with Gasteiger partial charge in [0.05, 0.1) is 6.54 Å². The van der Waals surface area contributed by atoms with Gasteiger partial charge in [-0.2, -0.15) is 0 Å². The summed E-state index contributed by atoms with van der Waals surface area (Å²) in [4.78, 5) is 37.3. The monoisotopic (exact) mass is 350 g/mol. The van der Waals surface area contributed by atoms with Crippen molar-refractivity contribution in [2.45, 2.75) is 38.9 Å². The molecule has 2 unspecified atom stereocenters. The molecule has 1 aromatic carbocycles. The summed E-state index contributed by atoms with van der Waals surface area (Å²) < 4.78 is 14.2. The number of carboxylic acids is 1. The molecule has 0 saturated carbocycles. The maximum atomic E-state index is 14.2. The summed E-state index contributed by atoms with van der Waals surface area (Å²) in [5.41, 5.74) is -1.06. The molecule has 1 aliphatic rings. The van der Waals surface area contributed by atoms with Crippen molar-refractivity contribution in [1.29, 1.82) is 0 Å². The van der Waals surface area contributed by atoms with Crippen LogP contribution in [-0.4, -0.2) is 52.6 Å². The first kappa shape index (κ1) is 18.9. The Morgan fingerprint density at radius 2 is 2.00 bits per heavy atom. The van der Waals surface area contributed by atoms with E-state index in [0.29, 0.717) is 5.56 Å². The van der Waals surface area contributed by atoms with Gasteiger partial charge in [0, 0.05) is 18.5 Å². The zero-order valence-corrected chi connectivity index (χ0v) is 14.6. The highest BCUT2D eigenvalue weighted by atomic mass is 19.1. The van der Waals surface area contributed by atoms with Crippen molar-refractivity contribution >= 4 is 17.8 Å². The predicted octanol–water partition coefficient (Wildman–Crippen LogP) is 1.77. The fourth-order valence-corrected chi connectivity index (χ4v) is 2.86. The fraction of sp³-hybridized carbons (Fsp3) is 0.500. The summed E-state index contributed by atoms with van der Waals surface area (Å²) in [5, 5.41) is 11.7. The Balaban J connectivity index is 2.12. The second-order valence-corrected chi connectivity index (χ2v) is 6.84. The molecule has 1 heterocycles. The van der Waals surface area contributed by atoms with E-state index in [9.17, 15) is 18.8 Å². The number of likely N-dealkylation sites (tertiary alicyclic amines) is 1. The van der Waals surface area contributed by atoms with Crippen LogP contribution in [0.2, 0.25) is 0 Å². The summed E-state index contributed by atoms with van der Waals surface area (Å²) in [6.45, 7) is 4.93. The highest BCUT2D eigenvalue weighted by molar-refractivity contribution is 5.98. The van der Waals surface area contributed by atoms with Crippen LogP contribution in [0.3, 0.4) is 0 Å². The molecule has 136 valence electrons. The minimum Gasteiger partial charge on any atom is -0.479 e. The average Bonchev–Trinajstić information content (AvgIpc) is 2.95. The Hall–Kier alpha value is -2.44. The maximum absolute atomic E-state index is 14.2. The quantitative estimate of drug-likeness (QED) is 0.847. The van der Waals surface area contributed by atoms with Crippen LogP contribution in [-0.2, 0) is 9.59 Å². The number of benzene rings is 1. The maximum Gasteiger partial charge on any atom is 0.343 e. The molecule has 0 aliphatic carbocycles. The Morgan fingerprint density at radius 3 is 2.52 bits per heavy atom. The number of halogens is 1. The lowest BCUT2D eigenvalue weighted by molar-refractivity contribution is -0.150. The lowest BCUT2D eigenvalue weighted by Crippen LogP contribution is -2.51. The van der Waals surface area contributed by atoms with Crippen molar-refractivity contribution in [3.8, 4) is 0 Å². The molecule has 1 aliphatic heterocycles. The van der Waals surface area contributed by atoms with Gasteiger partial charge >= 0.3 is 5.97 Å². The third-order valence-corrected chi connectivity index (χ3v) is 4.41. The van der Waals surface area contributed by atoms with E-state index in [1.807, 2.05) is 13.0 Å². The molecule has 0 bridgehead atoms. The van der Waals surface area contributed by atoms with E-state index >= 15 is 0 Å². The number of hydrogen-bond acceptors (Lipinski definition) is 3. The lowest BCUT2D eigenvalue weighted by Gasteiger charge is -2.27. The van der Waals surface area contributed by atoms with Crippen LogP contribution in [0.15, 0.2) is 24.3 Å². The van der Waals surface area contributed by atoms with Crippen molar-refractivity contribution in [2.24, 2.45) is 5.92 Å². The van der Waals surface area contributed by atoms with E-state index < -0.39 is 30.1 Å². The molecule has 0 aromatic heterocycles. The van der Waals surface area contributed by atoms with E-state index in [-0.39, 0.29) is 24.8 Å². The van der Waals surface area contributed by atoms with Crippen molar-refractivity contribution < 1.29 is 23.9 Å². The molecule has 1 saturated heterocycles. The molecule has 25 heavy (non-hydrogen) atoms. The van der Waals surface area contributed by atoms with E-state index in [1.165, 1.54) is 4.90 Å². The molecule has 2 atom stereocenters. The second-order valence-electron chi connectivity index (χ2n) is 6.84. The number of amides is 2. The summed E-state index contributed by atoms with van der Waals surface area (Å²) >= 11 is 0. The van der Waals surface area contributed by atoms with Gasteiger partial charge in [-0.3, -0.25) is 9.59 Å². The summed E-state index contributed by atoms with van der Waals surface area (Å²) in [5.74, 6) is -2.63. The first-order valence-electron chi connectivity index (χ1n) is 8.22. The van der Waals surface area contributed by atoms with Gasteiger partial charge in [-0.05, 0) is 25.0 Å². The second kappa shape index (κ2) is 7.21. The molecule has 6 nitrogen and oxygen atoms in total. The van der Waals surface area contributed by atoms with Gasteiger partial charge in [-0.25, -0.2) is 9.18 Å². The van der Waals surface area contributed by atoms with Crippen molar-refractivity contribution in [1.82, 2.24) is 10.2 Å². The van der Waals surface area contributed by atoms with Crippen LogP contribution in [0.25, 0.3) is 0 Å². The number of aryl methyl sites for hydroxylation is 1. The van der Waals surface area contributed by atoms with E-state index in [0.717, 1.165) is 5.56 Å².